The molecule has 0 aromatic rings. The number of unbranched alkanes of at least 4 members (excludes halogenated alkanes) is 3. The van der Waals surface area contributed by atoms with Crippen LogP contribution in [0.1, 0.15) is 59.3 Å². The van der Waals surface area contributed by atoms with Crippen LogP contribution in [0.15, 0.2) is 37.0 Å². The molecule has 0 aliphatic heterocycles. The van der Waals surface area contributed by atoms with Crippen LogP contribution >= 0.6 is 0 Å². The Balaban J connectivity index is 4.36. The quantitative estimate of drug-likeness (QED) is 0.325. The first-order valence-corrected chi connectivity index (χ1v) is 7.08. The third-order valence-corrected chi connectivity index (χ3v) is 3.33. The molecular formula is C17H30. The molecule has 0 amide bonds. The van der Waals surface area contributed by atoms with E-state index < -0.39 is 0 Å². The predicted octanol–water partition coefficient (Wildman–Crippen LogP) is 5.92. The molecule has 17 heavy (non-hydrogen) atoms. The molecule has 0 bridgehead atoms. The second kappa shape index (κ2) is 10.4. The lowest BCUT2D eigenvalue weighted by molar-refractivity contribution is 0.594. The van der Waals surface area contributed by atoms with Crippen molar-refractivity contribution in [3.8, 4) is 0 Å². The van der Waals surface area contributed by atoms with Gasteiger partial charge in [-0.25, -0.2) is 0 Å². The average molecular weight is 234 g/mol. The highest BCUT2D eigenvalue weighted by atomic mass is 14.1. The molecule has 0 heterocycles. The van der Waals surface area contributed by atoms with Gasteiger partial charge in [-0.15, -0.1) is 13.2 Å². The van der Waals surface area contributed by atoms with Crippen molar-refractivity contribution in [3.63, 3.8) is 0 Å². The van der Waals surface area contributed by atoms with Crippen LogP contribution in [0.25, 0.3) is 0 Å². The van der Waals surface area contributed by atoms with Gasteiger partial charge in [0.2, 0.25) is 0 Å². The maximum Gasteiger partial charge on any atom is -0.0197 e. The third-order valence-electron chi connectivity index (χ3n) is 3.33. The van der Waals surface area contributed by atoms with Gasteiger partial charge in [-0.2, -0.15) is 0 Å². The summed E-state index contributed by atoms with van der Waals surface area (Å²) in [6.07, 6.45) is 14.0. The number of hydrogen-bond donors (Lipinski definition) is 0. The van der Waals surface area contributed by atoms with E-state index >= 15 is 0 Å². The van der Waals surface area contributed by atoms with Crippen LogP contribution in [-0.2, 0) is 0 Å². The minimum Gasteiger partial charge on any atom is -0.103 e. The molecule has 0 saturated carbocycles. The van der Waals surface area contributed by atoms with Crippen LogP contribution < -0.4 is 0 Å². The van der Waals surface area contributed by atoms with Crippen molar-refractivity contribution in [2.24, 2.45) is 11.8 Å². The first kappa shape index (κ1) is 16.2. The summed E-state index contributed by atoms with van der Waals surface area (Å²) in [5.41, 5.74) is 1.59. The lowest BCUT2D eigenvalue weighted by Gasteiger charge is -2.17. The van der Waals surface area contributed by atoms with Crippen molar-refractivity contribution in [2.45, 2.75) is 59.3 Å². The van der Waals surface area contributed by atoms with Gasteiger partial charge in [0, 0.05) is 0 Å². The average Bonchev–Trinajstić information content (AvgIpc) is 2.33. The predicted molar refractivity (Wildman–Crippen MR) is 80.2 cm³/mol. The summed E-state index contributed by atoms with van der Waals surface area (Å²) in [5.74, 6) is 1.22. The Hall–Kier alpha value is -0.780. The van der Waals surface area contributed by atoms with Gasteiger partial charge in [0.05, 0.1) is 0 Å². The SMILES string of the molecule is C=CCC(C)C(=CCCCCC)CC(C)C=C. The Labute approximate surface area is 109 Å². The van der Waals surface area contributed by atoms with E-state index in [1.807, 2.05) is 6.08 Å². The molecule has 0 aliphatic rings. The first-order chi connectivity index (χ1) is 8.15. The van der Waals surface area contributed by atoms with Crippen LogP contribution in [0.2, 0.25) is 0 Å². The van der Waals surface area contributed by atoms with E-state index in [0.717, 1.165) is 12.8 Å². The highest BCUT2D eigenvalue weighted by Gasteiger charge is 2.09. The maximum atomic E-state index is 3.88. The molecule has 98 valence electrons. The number of allylic oxidation sites excluding steroid dienone is 4. The Morgan fingerprint density at radius 2 is 1.88 bits per heavy atom. The number of hydrogen-bond acceptors (Lipinski definition) is 0. The van der Waals surface area contributed by atoms with Crippen molar-refractivity contribution >= 4 is 0 Å². The van der Waals surface area contributed by atoms with Gasteiger partial charge >= 0.3 is 0 Å². The zero-order valence-electron chi connectivity index (χ0n) is 12.0. The van der Waals surface area contributed by atoms with Gasteiger partial charge in [-0.1, -0.05) is 57.4 Å². The van der Waals surface area contributed by atoms with Crippen LogP contribution in [0.5, 0.6) is 0 Å². The zero-order valence-corrected chi connectivity index (χ0v) is 12.0. The monoisotopic (exact) mass is 234 g/mol. The number of rotatable bonds is 10. The Morgan fingerprint density at radius 3 is 2.41 bits per heavy atom. The van der Waals surface area contributed by atoms with Crippen molar-refractivity contribution in [1.82, 2.24) is 0 Å². The summed E-state index contributed by atoms with van der Waals surface area (Å²) < 4.78 is 0. The molecule has 0 spiro atoms. The molecule has 0 heteroatoms. The van der Waals surface area contributed by atoms with Crippen LogP contribution in [0.3, 0.4) is 0 Å². The fourth-order valence-electron chi connectivity index (χ4n) is 2.02. The standard InChI is InChI=1S/C17H30/c1-6-9-10-11-13-17(14-15(4)8-3)16(5)12-7-2/h7-8,13,15-16H,2-3,6,9-12,14H2,1,4-5H3. The van der Waals surface area contributed by atoms with E-state index in [1.54, 1.807) is 5.57 Å². The van der Waals surface area contributed by atoms with Gasteiger partial charge in [-0.3, -0.25) is 0 Å². The molecular weight excluding hydrogens is 204 g/mol. The van der Waals surface area contributed by atoms with Gasteiger partial charge in [-0.05, 0) is 37.5 Å². The van der Waals surface area contributed by atoms with Crippen molar-refractivity contribution < 1.29 is 0 Å². The summed E-state index contributed by atoms with van der Waals surface area (Å²) in [5, 5.41) is 0. The Morgan fingerprint density at radius 1 is 1.18 bits per heavy atom. The summed E-state index contributed by atoms with van der Waals surface area (Å²) in [6.45, 7) is 14.5. The molecule has 0 aliphatic carbocycles. The fraction of sp³-hybridized carbons (Fsp3) is 0.647. The van der Waals surface area contributed by atoms with Gasteiger partial charge in [0.1, 0.15) is 0 Å². The van der Waals surface area contributed by atoms with Crippen LogP contribution in [-0.4, -0.2) is 0 Å². The van der Waals surface area contributed by atoms with Crippen LogP contribution in [0.4, 0.5) is 0 Å². The van der Waals surface area contributed by atoms with Crippen molar-refractivity contribution in [2.75, 3.05) is 0 Å². The van der Waals surface area contributed by atoms with Crippen molar-refractivity contribution in [3.05, 3.63) is 37.0 Å². The summed E-state index contributed by atoms with van der Waals surface area (Å²) >= 11 is 0. The minimum absolute atomic E-state index is 0.583. The van der Waals surface area contributed by atoms with E-state index in [1.165, 1.54) is 25.7 Å². The van der Waals surface area contributed by atoms with Gasteiger partial charge in [0.15, 0.2) is 0 Å². The molecule has 0 saturated heterocycles. The highest BCUT2D eigenvalue weighted by molar-refractivity contribution is 5.09. The molecule has 0 radical (unpaired) electrons. The van der Waals surface area contributed by atoms with Crippen LogP contribution in [0, 0.1) is 11.8 Å². The normalized spacial score (nSPS) is 15.4. The largest absolute Gasteiger partial charge is 0.103 e. The zero-order chi connectivity index (χ0) is 13.1. The lowest BCUT2D eigenvalue weighted by Crippen LogP contribution is -2.03. The molecule has 0 N–H and O–H groups in total. The smallest absolute Gasteiger partial charge is 0.0197 e. The van der Waals surface area contributed by atoms with Gasteiger partial charge in [0.25, 0.3) is 0 Å². The van der Waals surface area contributed by atoms with E-state index in [9.17, 15) is 0 Å². The second-order valence-corrected chi connectivity index (χ2v) is 5.12. The summed E-state index contributed by atoms with van der Waals surface area (Å²) in [6, 6.07) is 0. The molecule has 2 atom stereocenters. The van der Waals surface area contributed by atoms with E-state index in [-0.39, 0.29) is 0 Å². The second-order valence-electron chi connectivity index (χ2n) is 5.12. The lowest BCUT2D eigenvalue weighted by atomic mass is 9.89. The minimum atomic E-state index is 0.583. The van der Waals surface area contributed by atoms with E-state index in [4.69, 9.17) is 0 Å². The molecule has 2 unspecified atom stereocenters. The topological polar surface area (TPSA) is 0 Å². The highest BCUT2D eigenvalue weighted by Crippen LogP contribution is 2.24. The molecule has 0 rings (SSSR count). The maximum absolute atomic E-state index is 3.88. The Kier molecular flexibility index (Phi) is 9.90. The Bertz CT molecular complexity index is 234. The molecule has 0 nitrogen and oxygen atoms in total. The summed E-state index contributed by atoms with van der Waals surface area (Å²) in [7, 11) is 0. The fourth-order valence-corrected chi connectivity index (χ4v) is 2.02. The first-order valence-electron chi connectivity index (χ1n) is 7.08. The summed E-state index contributed by atoms with van der Waals surface area (Å²) in [4.78, 5) is 0. The van der Waals surface area contributed by atoms with Crippen molar-refractivity contribution in [1.29, 1.82) is 0 Å². The van der Waals surface area contributed by atoms with Gasteiger partial charge < -0.3 is 0 Å². The molecule has 0 fully saturated rings. The third kappa shape index (κ3) is 8.01. The van der Waals surface area contributed by atoms with E-state index in [2.05, 4.69) is 46.1 Å². The molecule has 0 aromatic heterocycles. The van der Waals surface area contributed by atoms with E-state index in [0.29, 0.717) is 11.8 Å². The molecule has 0 aromatic carbocycles.